The molecule has 7 heteroatoms. The molecule has 0 unspecified atom stereocenters. The van der Waals surface area contributed by atoms with Crippen molar-refractivity contribution in [2.45, 2.75) is 38.8 Å². The molecule has 0 radical (unpaired) electrons. The number of hydrogen-bond donors (Lipinski definition) is 3. The highest BCUT2D eigenvalue weighted by Gasteiger charge is 2.31. The summed E-state index contributed by atoms with van der Waals surface area (Å²) in [6.45, 7) is 4.68. The van der Waals surface area contributed by atoms with E-state index < -0.39 is 0 Å². The van der Waals surface area contributed by atoms with Crippen molar-refractivity contribution in [3.63, 3.8) is 0 Å². The number of likely N-dealkylation sites (tertiary alicyclic amines) is 1. The summed E-state index contributed by atoms with van der Waals surface area (Å²) in [6.07, 6.45) is 7.08. The molecule has 0 aromatic carbocycles. The van der Waals surface area contributed by atoms with E-state index in [1.54, 1.807) is 0 Å². The monoisotopic (exact) mass is 349 g/mol. The van der Waals surface area contributed by atoms with Gasteiger partial charge in [-0.15, -0.1) is 0 Å². The molecular formula is C17H27N5OS. The van der Waals surface area contributed by atoms with E-state index in [-0.39, 0.29) is 6.10 Å². The van der Waals surface area contributed by atoms with Gasteiger partial charge in [0.25, 0.3) is 0 Å². The Labute approximate surface area is 147 Å². The zero-order chi connectivity index (χ0) is 16.9. The molecule has 2 aromatic rings. The quantitative estimate of drug-likeness (QED) is 0.633. The number of aliphatic hydroxyl groups excluding tert-OH is 1. The molecule has 6 nitrogen and oxygen atoms in total. The summed E-state index contributed by atoms with van der Waals surface area (Å²) in [5, 5.41) is 10.3. The third-order valence-electron chi connectivity index (χ3n) is 4.67. The van der Waals surface area contributed by atoms with Gasteiger partial charge in [-0.25, -0.2) is 9.97 Å². The second-order valence-electron chi connectivity index (χ2n) is 6.60. The number of β-amino-alcohol motifs (C(OH)–C–C–N with tert-alkyl or cyclic N) is 1. The fraction of sp³-hybridized carbons (Fsp3) is 0.647. The third kappa shape index (κ3) is 4.02. The molecule has 1 saturated heterocycles. The second kappa shape index (κ2) is 8.18. The van der Waals surface area contributed by atoms with Gasteiger partial charge in [-0.2, -0.15) is 11.8 Å². The maximum atomic E-state index is 10.3. The van der Waals surface area contributed by atoms with Crippen molar-refractivity contribution in [3.8, 4) is 0 Å². The van der Waals surface area contributed by atoms with Gasteiger partial charge >= 0.3 is 0 Å². The summed E-state index contributed by atoms with van der Waals surface area (Å²) in [4.78, 5) is 13.8. The number of nitrogens with zero attached hydrogens (tertiary/aromatic N) is 3. The SMILES string of the molecule is CCCCCSC[C@H]1CN(Cc2c[nH]c3c(N)ncnc23)C[C@H]1O. The Morgan fingerprint density at radius 2 is 2.25 bits per heavy atom. The van der Waals surface area contributed by atoms with Gasteiger partial charge < -0.3 is 15.8 Å². The average Bonchev–Trinajstić information content (AvgIpc) is 3.13. The van der Waals surface area contributed by atoms with E-state index in [2.05, 4.69) is 26.8 Å². The molecule has 1 fully saturated rings. The lowest BCUT2D eigenvalue weighted by molar-refractivity contribution is 0.149. The van der Waals surface area contributed by atoms with Crippen LogP contribution in [0.3, 0.4) is 0 Å². The number of rotatable bonds is 8. The smallest absolute Gasteiger partial charge is 0.151 e. The van der Waals surface area contributed by atoms with Crippen molar-refractivity contribution in [2.24, 2.45) is 5.92 Å². The number of aliphatic hydroxyl groups is 1. The summed E-state index contributed by atoms with van der Waals surface area (Å²) in [5.41, 5.74) is 8.67. The van der Waals surface area contributed by atoms with Crippen LogP contribution < -0.4 is 5.73 Å². The Morgan fingerprint density at radius 1 is 1.38 bits per heavy atom. The van der Waals surface area contributed by atoms with Crippen LogP contribution in [0.5, 0.6) is 0 Å². The van der Waals surface area contributed by atoms with Crippen molar-refractivity contribution < 1.29 is 5.11 Å². The van der Waals surface area contributed by atoms with E-state index in [0.29, 0.717) is 11.7 Å². The van der Waals surface area contributed by atoms with Crippen molar-refractivity contribution in [2.75, 3.05) is 30.3 Å². The van der Waals surface area contributed by atoms with Crippen LogP contribution in [0.15, 0.2) is 12.5 Å². The maximum Gasteiger partial charge on any atom is 0.151 e. The van der Waals surface area contributed by atoms with Crippen LogP contribution in [0.1, 0.15) is 31.7 Å². The van der Waals surface area contributed by atoms with Gasteiger partial charge in [0.1, 0.15) is 11.8 Å². The fourth-order valence-corrected chi connectivity index (χ4v) is 4.50. The van der Waals surface area contributed by atoms with Gasteiger partial charge in [0.15, 0.2) is 5.82 Å². The molecule has 0 bridgehead atoms. The summed E-state index contributed by atoms with van der Waals surface area (Å²) in [7, 11) is 0. The van der Waals surface area contributed by atoms with Crippen LogP contribution in [-0.4, -0.2) is 55.7 Å². The molecule has 24 heavy (non-hydrogen) atoms. The topological polar surface area (TPSA) is 91.1 Å². The zero-order valence-corrected chi connectivity index (χ0v) is 15.1. The van der Waals surface area contributed by atoms with Gasteiger partial charge in [-0.05, 0) is 17.9 Å². The van der Waals surface area contributed by atoms with Crippen LogP contribution in [0, 0.1) is 5.92 Å². The first kappa shape index (κ1) is 17.5. The summed E-state index contributed by atoms with van der Waals surface area (Å²) in [6, 6.07) is 0. The van der Waals surface area contributed by atoms with Crippen molar-refractivity contribution >= 4 is 28.6 Å². The number of nitrogens with two attached hydrogens (primary N) is 1. The number of aromatic nitrogens is 3. The molecule has 4 N–H and O–H groups in total. The molecule has 0 saturated carbocycles. The molecule has 3 rings (SSSR count). The molecule has 0 amide bonds. The number of anilines is 1. The minimum Gasteiger partial charge on any atom is -0.391 e. The molecule has 1 aliphatic heterocycles. The number of aromatic amines is 1. The molecule has 0 spiro atoms. The maximum absolute atomic E-state index is 10.3. The predicted molar refractivity (Wildman–Crippen MR) is 99.9 cm³/mol. The van der Waals surface area contributed by atoms with Crippen LogP contribution in [0.2, 0.25) is 0 Å². The number of nitrogens with one attached hydrogen (secondary N) is 1. The van der Waals surface area contributed by atoms with Crippen LogP contribution >= 0.6 is 11.8 Å². The fourth-order valence-electron chi connectivity index (χ4n) is 3.30. The third-order valence-corrected chi connectivity index (χ3v) is 5.91. The van der Waals surface area contributed by atoms with E-state index in [1.165, 1.54) is 31.3 Å². The minimum absolute atomic E-state index is 0.228. The molecule has 2 aromatic heterocycles. The summed E-state index contributed by atoms with van der Waals surface area (Å²) < 4.78 is 0. The summed E-state index contributed by atoms with van der Waals surface area (Å²) >= 11 is 1.98. The number of hydrogen-bond acceptors (Lipinski definition) is 6. The predicted octanol–water partition coefficient (Wildman–Crippen LogP) is 2.26. The number of thioether (sulfide) groups is 1. The van der Waals surface area contributed by atoms with Gasteiger partial charge in [-0.3, -0.25) is 4.90 Å². The lowest BCUT2D eigenvalue weighted by Gasteiger charge is -2.15. The normalized spacial score (nSPS) is 21.8. The number of unbranched alkanes of at least 4 members (excludes halogenated alkanes) is 2. The number of nitrogen functional groups attached to an aromatic ring is 1. The molecular weight excluding hydrogens is 322 g/mol. The Balaban J connectivity index is 1.54. The zero-order valence-electron chi connectivity index (χ0n) is 14.2. The van der Waals surface area contributed by atoms with Gasteiger partial charge in [0, 0.05) is 37.3 Å². The van der Waals surface area contributed by atoms with Crippen molar-refractivity contribution in [1.29, 1.82) is 0 Å². The van der Waals surface area contributed by atoms with Gasteiger partial charge in [0.05, 0.1) is 11.6 Å². The highest BCUT2D eigenvalue weighted by Crippen LogP contribution is 2.26. The number of fused-ring (bicyclic) bond motifs is 1. The van der Waals surface area contributed by atoms with Crippen LogP contribution in [0.25, 0.3) is 11.0 Å². The van der Waals surface area contributed by atoms with Crippen LogP contribution in [0.4, 0.5) is 5.82 Å². The van der Waals surface area contributed by atoms with Crippen molar-refractivity contribution in [1.82, 2.24) is 19.9 Å². The minimum atomic E-state index is -0.228. The van der Waals surface area contributed by atoms with Crippen LogP contribution in [-0.2, 0) is 6.54 Å². The van der Waals surface area contributed by atoms with E-state index in [9.17, 15) is 5.11 Å². The lowest BCUT2D eigenvalue weighted by atomic mass is 10.1. The molecule has 0 aliphatic carbocycles. The summed E-state index contributed by atoms with van der Waals surface area (Å²) in [5.74, 6) is 3.09. The standard InChI is InChI=1S/C17H27N5OS/c1-2-3-4-5-24-10-13-8-22(9-14(13)23)7-12-6-19-16-15(12)20-11-21-17(16)18/h6,11,13-14,19,23H,2-5,7-10H2,1H3,(H2,18,20,21)/t13-,14-/m1/s1. The Kier molecular flexibility index (Phi) is 5.97. The van der Waals surface area contributed by atoms with E-state index in [1.807, 2.05) is 18.0 Å². The molecule has 132 valence electrons. The molecule has 2 atom stereocenters. The van der Waals surface area contributed by atoms with Gasteiger partial charge in [-0.1, -0.05) is 19.8 Å². The van der Waals surface area contributed by atoms with E-state index in [0.717, 1.165) is 42.0 Å². The Bertz CT molecular complexity index is 661. The largest absolute Gasteiger partial charge is 0.391 e. The Morgan fingerprint density at radius 3 is 3.08 bits per heavy atom. The Hall–Kier alpha value is -1.31. The van der Waals surface area contributed by atoms with Gasteiger partial charge in [0.2, 0.25) is 0 Å². The average molecular weight is 350 g/mol. The first-order chi connectivity index (χ1) is 11.7. The number of H-pyrrole nitrogens is 1. The second-order valence-corrected chi connectivity index (χ2v) is 7.75. The highest BCUT2D eigenvalue weighted by atomic mass is 32.2. The molecule has 1 aliphatic rings. The highest BCUT2D eigenvalue weighted by molar-refractivity contribution is 7.99. The lowest BCUT2D eigenvalue weighted by Crippen LogP contribution is -2.21. The van der Waals surface area contributed by atoms with E-state index >= 15 is 0 Å². The van der Waals surface area contributed by atoms with Crippen molar-refractivity contribution in [3.05, 3.63) is 18.1 Å². The molecule has 3 heterocycles. The first-order valence-electron chi connectivity index (χ1n) is 8.73. The van der Waals surface area contributed by atoms with E-state index in [4.69, 9.17) is 5.73 Å². The first-order valence-corrected chi connectivity index (χ1v) is 9.89.